The molecule has 1 atom stereocenters. The van der Waals surface area contributed by atoms with E-state index in [1.807, 2.05) is 18.5 Å². The van der Waals surface area contributed by atoms with Gasteiger partial charge in [-0.05, 0) is 32.3 Å². The van der Waals surface area contributed by atoms with Crippen molar-refractivity contribution in [3.63, 3.8) is 0 Å². The van der Waals surface area contributed by atoms with Crippen LogP contribution in [0.15, 0.2) is 24.0 Å². The molecule has 2 aromatic heterocycles. The quantitative estimate of drug-likeness (QED) is 0.907. The Hall–Kier alpha value is -2.02. The maximum Gasteiger partial charge on any atom is 0.225 e. The molecular formula is C16H21N5OS. The molecule has 3 rings (SSSR count). The highest BCUT2D eigenvalue weighted by atomic mass is 32.1. The predicted octanol–water partition coefficient (Wildman–Crippen LogP) is 1.96. The summed E-state index contributed by atoms with van der Waals surface area (Å²) >= 11 is 1.62. The van der Waals surface area contributed by atoms with Gasteiger partial charge in [-0.1, -0.05) is 0 Å². The number of hydrogen-bond acceptors (Lipinski definition) is 6. The number of carbonyl (C=O) groups excluding carboxylic acids is 1. The van der Waals surface area contributed by atoms with E-state index in [0.29, 0.717) is 6.42 Å². The monoisotopic (exact) mass is 331 g/mol. The van der Waals surface area contributed by atoms with Crippen LogP contribution in [0.2, 0.25) is 0 Å². The van der Waals surface area contributed by atoms with E-state index in [2.05, 4.69) is 25.2 Å². The van der Waals surface area contributed by atoms with Crippen molar-refractivity contribution in [2.24, 2.45) is 0 Å². The highest BCUT2D eigenvalue weighted by molar-refractivity contribution is 7.09. The van der Waals surface area contributed by atoms with Gasteiger partial charge in [0.25, 0.3) is 0 Å². The summed E-state index contributed by atoms with van der Waals surface area (Å²) in [5, 5.41) is 3.15. The van der Waals surface area contributed by atoms with Crippen molar-refractivity contribution in [3.05, 3.63) is 34.5 Å². The lowest BCUT2D eigenvalue weighted by molar-refractivity contribution is -0.121. The molecule has 0 spiro atoms. The molecule has 23 heavy (non-hydrogen) atoms. The summed E-state index contributed by atoms with van der Waals surface area (Å²) in [5.74, 6) is 0.852. The molecule has 0 aromatic carbocycles. The van der Waals surface area contributed by atoms with Gasteiger partial charge >= 0.3 is 0 Å². The lowest BCUT2D eigenvalue weighted by Crippen LogP contribution is -2.48. The molecule has 1 aliphatic rings. The van der Waals surface area contributed by atoms with Crippen molar-refractivity contribution in [3.8, 4) is 0 Å². The summed E-state index contributed by atoms with van der Waals surface area (Å²) in [6, 6.07) is 1.98. The van der Waals surface area contributed by atoms with Gasteiger partial charge in [-0.3, -0.25) is 4.79 Å². The fourth-order valence-electron chi connectivity index (χ4n) is 2.82. The van der Waals surface area contributed by atoms with Crippen LogP contribution in [0.1, 0.15) is 29.8 Å². The van der Waals surface area contributed by atoms with Crippen LogP contribution in [0.3, 0.4) is 0 Å². The number of thiazole rings is 1. The lowest BCUT2D eigenvalue weighted by atomic mass is 10.1. The largest absolute Gasteiger partial charge is 0.352 e. The number of nitrogens with zero attached hydrogens (tertiary/aromatic N) is 4. The maximum atomic E-state index is 12.2. The topological polar surface area (TPSA) is 71.0 Å². The molecule has 1 fully saturated rings. The zero-order chi connectivity index (χ0) is 16.1. The molecule has 0 radical (unpaired) electrons. The molecule has 2 aromatic rings. The number of nitrogens with one attached hydrogen (secondary N) is 1. The van der Waals surface area contributed by atoms with E-state index in [1.165, 1.54) is 4.88 Å². The van der Waals surface area contributed by atoms with E-state index in [4.69, 9.17) is 0 Å². The highest BCUT2D eigenvalue weighted by Gasteiger charge is 2.22. The minimum atomic E-state index is 0.110. The summed E-state index contributed by atoms with van der Waals surface area (Å²) in [5.41, 5.74) is 2.87. The van der Waals surface area contributed by atoms with Crippen molar-refractivity contribution < 1.29 is 4.79 Å². The van der Waals surface area contributed by atoms with Crippen molar-refractivity contribution in [1.29, 1.82) is 0 Å². The molecule has 1 amide bonds. The van der Waals surface area contributed by atoms with E-state index in [0.717, 1.165) is 44.0 Å². The second-order valence-electron chi connectivity index (χ2n) is 5.76. The Bertz CT molecular complexity index is 645. The minimum absolute atomic E-state index is 0.110. The Morgan fingerprint density at radius 2 is 2.22 bits per heavy atom. The van der Waals surface area contributed by atoms with Crippen LogP contribution in [0.25, 0.3) is 0 Å². The Labute approximate surface area is 140 Å². The third-order valence-electron chi connectivity index (χ3n) is 4.05. The number of hydrogen-bond donors (Lipinski definition) is 1. The molecule has 0 unspecified atom stereocenters. The zero-order valence-corrected chi connectivity index (χ0v) is 14.1. The first-order valence-electron chi connectivity index (χ1n) is 7.92. The average Bonchev–Trinajstić information content (AvgIpc) is 2.99. The summed E-state index contributed by atoms with van der Waals surface area (Å²) in [7, 11) is 0. The minimum Gasteiger partial charge on any atom is -0.352 e. The standard InChI is InChI=1S/C16H21N5OS/c1-12-14(23-11-19-12)5-6-15(22)20-13-4-2-9-21(10-13)16-17-7-3-8-18-16/h3,7-8,11,13H,2,4-6,9-10H2,1H3,(H,20,22)/t13-/m1/s1. The predicted molar refractivity (Wildman–Crippen MR) is 90.6 cm³/mol. The van der Waals surface area contributed by atoms with Gasteiger partial charge in [0.2, 0.25) is 11.9 Å². The summed E-state index contributed by atoms with van der Waals surface area (Å²) in [6.45, 7) is 3.70. The Morgan fingerprint density at radius 1 is 1.39 bits per heavy atom. The van der Waals surface area contributed by atoms with Gasteiger partial charge in [-0.2, -0.15) is 0 Å². The lowest BCUT2D eigenvalue weighted by Gasteiger charge is -2.33. The number of anilines is 1. The van der Waals surface area contributed by atoms with Crippen LogP contribution in [-0.4, -0.2) is 40.0 Å². The van der Waals surface area contributed by atoms with Crippen LogP contribution < -0.4 is 10.2 Å². The zero-order valence-electron chi connectivity index (χ0n) is 13.2. The number of aromatic nitrogens is 3. The van der Waals surface area contributed by atoms with E-state index in [9.17, 15) is 4.79 Å². The SMILES string of the molecule is Cc1ncsc1CCC(=O)N[C@@H]1CCCN(c2ncccn2)C1. The number of piperidine rings is 1. The smallest absolute Gasteiger partial charge is 0.225 e. The third kappa shape index (κ3) is 4.25. The van der Waals surface area contributed by atoms with Crippen molar-refractivity contribution in [1.82, 2.24) is 20.3 Å². The van der Waals surface area contributed by atoms with Gasteiger partial charge in [0.05, 0.1) is 11.2 Å². The number of carbonyl (C=O) groups is 1. The number of aryl methyl sites for hydroxylation is 2. The van der Waals surface area contributed by atoms with Gasteiger partial charge in [0.15, 0.2) is 0 Å². The van der Waals surface area contributed by atoms with Crippen LogP contribution in [0, 0.1) is 6.92 Å². The van der Waals surface area contributed by atoms with Crippen molar-refractivity contribution >= 4 is 23.2 Å². The normalized spacial score (nSPS) is 18.0. The highest BCUT2D eigenvalue weighted by Crippen LogP contribution is 2.16. The summed E-state index contributed by atoms with van der Waals surface area (Å²) < 4.78 is 0. The van der Waals surface area contributed by atoms with Crippen LogP contribution in [-0.2, 0) is 11.2 Å². The van der Waals surface area contributed by atoms with E-state index in [1.54, 1.807) is 23.7 Å². The maximum absolute atomic E-state index is 12.2. The summed E-state index contributed by atoms with van der Waals surface area (Å²) in [6.07, 6.45) is 6.83. The van der Waals surface area contributed by atoms with Gasteiger partial charge in [-0.25, -0.2) is 15.0 Å². The van der Waals surface area contributed by atoms with Crippen LogP contribution in [0.5, 0.6) is 0 Å². The van der Waals surface area contributed by atoms with E-state index < -0.39 is 0 Å². The molecule has 0 aliphatic carbocycles. The molecule has 1 N–H and O–H groups in total. The molecule has 122 valence electrons. The van der Waals surface area contributed by atoms with Crippen LogP contribution in [0.4, 0.5) is 5.95 Å². The van der Waals surface area contributed by atoms with E-state index in [-0.39, 0.29) is 11.9 Å². The number of amides is 1. The first-order valence-corrected chi connectivity index (χ1v) is 8.80. The second-order valence-corrected chi connectivity index (χ2v) is 6.70. The first-order chi connectivity index (χ1) is 11.2. The van der Waals surface area contributed by atoms with E-state index >= 15 is 0 Å². The fraction of sp³-hybridized carbons (Fsp3) is 0.500. The van der Waals surface area contributed by atoms with Crippen LogP contribution >= 0.6 is 11.3 Å². The molecule has 0 bridgehead atoms. The summed E-state index contributed by atoms with van der Waals surface area (Å²) in [4.78, 5) is 28.3. The Kier molecular flexibility index (Phi) is 5.17. The Balaban J connectivity index is 1.49. The van der Waals surface area contributed by atoms with Gasteiger partial charge in [0.1, 0.15) is 0 Å². The molecule has 1 saturated heterocycles. The molecule has 0 saturated carbocycles. The Morgan fingerprint density at radius 3 is 2.96 bits per heavy atom. The van der Waals surface area contributed by atoms with Crippen molar-refractivity contribution in [2.75, 3.05) is 18.0 Å². The average molecular weight is 331 g/mol. The molecule has 1 aliphatic heterocycles. The molecule has 3 heterocycles. The van der Waals surface area contributed by atoms with Gasteiger partial charge < -0.3 is 10.2 Å². The molecule has 7 heteroatoms. The van der Waals surface area contributed by atoms with Crippen molar-refractivity contribution in [2.45, 2.75) is 38.6 Å². The third-order valence-corrected chi connectivity index (χ3v) is 5.04. The van der Waals surface area contributed by atoms with Gasteiger partial charge in [0, 0.05) is 42.8 Å². The molecular weight excluding hydrogens is 310 g/mol. The number of rotatable bonds is 5. The van der Waals surface area contributed by atoms with Gasteiger partial charge in [-0.15, -0.1) is 11.3 Å². The second kappa shape index (κ2) is 7.50. The first kappa shape index (κ1) is 15.9. The fourth-order valence-corrected chi connectivity index (χ4v) is 3.61. The molecule has 6 nitrogen and oxygen atoms in total.